The van der Waals surface area contributed by atoms with Crippen LogP contribution in [-0.2, 0) is 12.8 Å². The van der Waals surface area contributed by atoms with Gasteiger partial charge < -0.3 is 0 Å². The molecule has 0 radical (unpaired) electrons. The lowest BCUT2D eigenvalue weighted by Crippen LogP contribution is -2.11. The maximum Gasteiger partial charge on any atom is 0.127 e. The van der Waals surface area contributed by atoms with Gasteiger partial charge in [0.15, 0.2) is 0 Å². The van der Waals surface area contributed by atoms with Crippen LogP contribution in [0.3, 0.4) is 0 Å². The van der Waals surface area contributed by atoms with Crippen LogP contribution in [0.5, 0.6) is 0 Å². The van der Waals surface area contributed by atoms with Crippen LogP contribution in [0.2, 0.25) is 5.02 Å². The summed E-state index contributed by atoms with van der Waals surface area (Å²) in [5.41, 5.74) is 3.53. The third kappa shape index (κ3) is 3.32. The Hall–Kier alpha value is -0.860. The Morgan fingerprint density at radius 2 is 2.00 bits per heavy atom. The highest BCUT2D eigenvalue weighted by atomic mass is 79.9. The molecule has 3 heteroatoms. The summed E-state index contributed by atoms with van der Waals surface area (Å²) in [4.78, 5) is 0.284. The second kappa shape index (κ2) is 6.50. The first-order valence-electron chi connectivity index (χ1n) is 7.31. The number of alkyl halides is 1. The van der Waals surface area contributed by atoms with Gasteiger partial charge in [-0.15, -0.1) is 0 Å². The van der Waals surface area contributed by atoms with Crippen molar-refractivity contribution in [3.05, 3.63) is 70.0 Å². The van der Waals surface area contributed by atoms with Crippen molar-refractivity contribution in [2.45, 2.75) is 30.5 Å². The van der Waals surface area contributed by atoms with Crippen molar-refractivity contribution in [3.63, 3.8) is 0 Å². The van der Waals surface area contributed by atoms with Gasteiger partial charge in [0, 0.05) is 9.85 Å². The van der Waals surface area contributed by atoms with Crippen LogP contribution < -0.4 is 0 Å². The Bertz CT molecular complexity index is 641. The summed E-state index contributed by atoms with van der Waals surface area (Å²) in [5, 5.41) is 0.456. The molecule has 2 aromatic rings. The molecule has 0 heterocycles. The summed E-state index contributed by atoms with van der Waals surface area (Å²) in [6.07, 6.45) is 4.11. The summed E-state index contributed by atoms with van der Waals surface area (Å²) in [7, 11) is 0. The first-order chi connectivity index (χ1) is 10.1. The van der Waals surface area contributed by atoms with E-state index in [2.05, 4.69) is 40.2 Å². The molecule has 2 aromatic carbocycles. The fraction of sp³-hybridized carbons (Fsp3) is 0.333. The van der Waals surface area contributed by atoms with Gasteiger partial charge in [0.05, 0.1) is 0 Å². The van der Waals surface area contributed by atoms with E-state index >= 15 is 0 Å². The number of hydrogen-bond donors (Lipinski definition) is 0. The highest BCUT2D eigenvalue weighted by molar-refractivity contribution is 9.09. The standard InChI is InChI=1S/C18H17BrClF/c19-18-14(10-13-8-9-15(20)11-17(13)21)6-3-5-12-4-1-2-7-16(12)18/h1-2,4,7-9,11,14,18H,3,5-6,10H2. The second-order valence-electron chi connectivity index (χ2n) is 5.69. The number of fused-ring (bicyclic) bond motifs is 1. The second-order valence-corrected chi connectivity index (χ2v) is 7.12. The predicted octanol–water partition coefficient (Wildman–Crippen LogP) is 6.11. The van der Waals surface area contributed by atoms with Gasteiger partial charge in [-0.2, -0.15) is 0 Å². The molecule has 3 rings (SSSR count). The lowest BCUT2D eigenvalue weighted by Gasteiger charge is -2.22. The first kappa shape index (κ1) is 15.1. The Morgan fingerprint density at radius 1 is 1.19 bits per heavy atom. The molecule has 1 aliphatic carbocycles. The fourth-order valence-corrected chi connectivity index (χ4v) is 4.22. The summed E-state index contributed by atoms with van der Waals surface area (Å²) < 4.78 is 14.0. The summed E-state index contributed by atoms with van der Waals surface area (Å²) in [6, 6.07) is 13.6. The molecule has 2 unspecified atom stereocenters. The largest absolute Gasteiger partial charge is 0.207 e. The van der Waals surface area contributed by atoms with E-state index in [1.54, 1.807) is 6.07 Å². The van der Waals surface area contributed by atoms with Crippen molar-refractivity contribution in [2.75, 3.05) is 0 Å². The van der Waals surface area contributed by atoms with E-state index in [4.69, 9.17) is 11.6 Å². The molecule has 0 nitrogen and oxygen atoms in total. The molecule has 2 atom stereocenters. The van der Waals surface area contributed by atoms with Gasteiger partial charge >= 0.3 is 0 Å². The molecule has 0 bridgehead atoms. The van der Waals surface area contributed by atoms with Crippen LogP contribution in [0.15, 0.2) is 42.5 Å². The van der Waals surface area contributed by atoms with Crippen molar-refractivity contribution in [3.8, 4) is 0 Å². The zero-order valence-electron chi connectivity index (χ0n) is 11.7. The minimum absolute atomic E-state index is 0.195. The number of halogens is 3. The van der Waals surface area contributed by atoms with Crippen LogP contribution in [0.4, 0.5) is 4.39 Å². The van der Waals surface area contributed by atoms with Gasteiger partial charge in [-0.25, -0.2) is 4.39 Å². The molecule has 0 saturated heterocycles. The molecular weight excluding hydrogens is 351 g/mol. The summed E-state index contributed by atoms with van der Waals surface area (Å²) >= 11 is 9.68. The highest BCUT2D eigenvalue weighted by Crippen LogP contribution is 2.41. The summed E-state index contributed by atoms with van der Waals surface area (Å²) in [6.45, 7) is 0. The first-order valence-corrected chi connectivity index (χ1v) is 8.60. The van der Waals surface area contributed by atoms with E-state index < -0.39 is 0 Å². The third-order valence-corrected chi connectivity index (χ3v) is 5.76. The maximum atomic E-state index is 14.0. The van der Waals surface area contributed by atoms with Crippen molar-refractivity contribution < 1.29 is 4.39 Å². The van der Waals surface area contributed by atoms with E-state index in [9.17, 15) is 4.39 Å². The normalized spacial score (nSPS) is 21.7. The lowest BCUT2D eigenvalue weighted by atomic mass is 9.90. The Kier molecular flexibility index (Phi) is 4.66. The Morgan fingerprint density at radius 3 is 2.81 bits per heavy atom. The topological polar surface area (TPSA) is 0 Å². The van der Waals surface area contributed by atoms with E-state index in [0.29, 0.717) is 10.9 Å². The molecule has 0 aromatic heterocycles. The van der Waals surface area contributed by atoms with Crippen LogP contribution in [-0.4, -0.2) is 0 Å². The smallest absolute Gasteiger partial charge is 0.127 e. The number of aryl methyl sites for hydroxylation is 1. The number of rotatable bonds is 2. The molecule has 0 saturated carbocycles. The van der Waals surface area contributed by atoms with Gasteiger partial charge in [-0.1, -0.05) is 57.9 Å². The quantitative estimate of drug-likeness (QED) is 0.444. The van der Waals surface area contributed by atoms with Gasteiger partial charge in [0.1, 0.15) is 5.82 Å². The van der Waals surface area contributed by atoms with Gasteiger partial charge in [-0.3, -0.25) is 0 Å². The van der Waals surface area contributed by atoms with E-state index in [-0.39, 0.29) is 10.6 Å². The molecule has 21 heavy (non-hydrogen) atoms. The average molecular weight is 368 g/mol. The molecule has 0 aliphatic heterocycles. The molecule has 0 amide bonds. The SMILES string of the molecule is Fc1cc(Cl)ccc1CC1CCCc2ccccc2C1Br. The molecule has 0 spiro atoms. The average Bonchev–Trinajstić information content (AvgIpc) is 2.63. The zero-order valence-corrected chi connectivity index (χ0v) is 14.0. The fourth-order valence-electron chi connectivity index (χ4n) is 3.16. The van der Waals surface area contributed by atoms with Gasteiger partial charge in [-0.05, 0) is 60.4 Å². The maximum absolute atomic E-state index is 14.0. The van der Waals surface area contributed by atoms with Crippen LogP contribution >= 0.6 is 27.5 Å². The minimum Gasteiger partial charge on any atom is -0.207 e. The Balaban J connectivity index is 1.86. The molecular formula is C18H17BrClF. The van der Waals surface area contributed by atoms with Crippen LogP contribution in [0.1, 0.15) is 34.4 Å². The molecule has 110 valence electrons. The third-order valence-electron chi connectivity index (χ3n) is 4.28. The van der Waals surface area contributed by atoms with Gasteiger partial charge in [0.25, 0.3) is 0 Å². The molecule has 0 N–H and O–H groups in total. The van der Waals surface area contributed by atoms with Crippen molar-refractivity contribution in [1.82, 2.24) is 0 Å². The van der Waals surface area contributed by atoms with E-state index in [0.717, 1.165) is 31.2 Å². The molecule has 1 aliphatic rings. The monoisotopic (exact) mass is 366 g/mol. The Labute approximate surface area is 138 Å². The highest BCUT2D eigenvalue weighted by Gasteiger charge is 2.26. The minimum atomic E-state index is -0.195. The molecule has 0 fully saturated rings. The predicted molar refractivity (Wildman–Crippen MR) is 89.7 cm³/mol. The zero-order chi connectivity index (χ0) is 14.8. The van der Waals surface area contributed by atoms with Crippen molar-refractivity contribution in [1.29, 1.82) is 0 Å². The van der Waals surface area contributed by atoms with E-state index in [1.165, 1.54) is 17.2 Å². The number of benzene rings is 2. The van der Waals surface area contributed by atoms with Crippen molar-refractivity contribution in [2.24, 2.45) is 5.92 Å². The van der Waals surface area contributed by atoms with Crippen molar-refractivity contribution >= 4 is 27.5 Å². The van der Waals surface area contributed by atoms with Gasteiger partial charge in [0.2, 0.25) is 0 Å². The number of hydrogen-bond acceptors (Lipinski definition) is 0. The lowest BCUT2D eigenvalue weighted by molar-refractivity contribution is 0.463. The van der Waals surface area contributed by atoms with Crippen LogP contribution in [0.25, 0.3) is 0 Å². The van der Waals surface area contributed by atoms with E-state index in [1.807, 2.05) is 6.07 Å². The summed E-state index contributed by atoms with van der Waals surface area (Å²) in [5.74, 6) is 0.212. The van der Waals surface area contributed by atoms with Crippen LogP contribution in [0, 0.1) is 11.7 Å².